The van der Waals surface area contributed by atoms with Crippen molar-refractivity contribution >= 4 is 5.82 Å². The molecule has 0 aliphatic heterocycles. The van der Waals surface area contributed by atoms with Gasteiger partial charge in [-0.05, 0) is 44.0 Å². The van der Waals surface area contributed by atoms with E-state index in [1.54, 1.807) is 0 Å². The Morgan fingerprint density at radius 2 is 1.90 bits per heavy atom. The van der Waals surface area contributed by atoms with Crippen LogP contribution in [0.15, 0.2) is 24.3 Å². The largest absolute Gasteiger partial charge is 0.490 e. The molecule has 1 aromatic heterocycles. The van der Waals surface area contributed by atoms with Crippen molar-refractivity contribution in [2.45, 2.75) is 39.2 Å². The lowest BCUT2D eigenvalue weighted by atomic mass is 10.1. The number of aromatic nitrogens is 2. The van der Waals surface area contributed by atoms with Gasteiger partial charge < -0.3 is 10.1 Å². The second-order valence-corrected chi connectivity index (χ2v) is 5.41. The van der Waals surface area contributed by atoms with Gasteiger partial charge in [0.1, 0.15) is 17.4 Å². The first-order valence-electron chi connectivity index (χ1n) is 7.53. The highest BCUT2D eigenvalue weighted by atomic mass is 16.5. The van der Waals surface area contributed by atoms with Crippen molar-refractivity contribution in [2.24, 2.45) is 0 Å². The highest BCUT2D eigenvalue weighted by Crippen LogP contribution is 2.30. The van der Waals surface area contributed by atoms with Crippen molar-refractivity contribution < 1.29 is 4.74 Å². The molecule has 1 fully saturated rings. The fraction of sp³-hybridized carbons (Fsp3) is 0.412. The van der Waals surface area contributed by atoms with E-state index in [0.717, 1.165) is 40.6 Å². The molecular formula is C17H21N3O. The first kappa shape index (κ1) is 13.9. The summed E-state index contributed by atoms with van der Waals surface area (Å²) >= 11 is 0. The summed E-state index contributed by atoms with van der Waals surface area (Å²) in [7, 11) is 1.89. The number of anilines is 1. The van der Waals surface area contributed by atoms with Crippen molar-refractivity contribution in [1.82, 2.24) is 9.97 Å². The van der Waals surface area contributed by atoms with E-state index in [2.05, 4.69) is 41.3 Å². The first-order chi connectivity index (χ1) is 10.2. The summed E-state index contributed by atoms with van der Waals surface area (Å²) in [6, 6.07) is 8.21. The third-order valence-electron chi connectivity index (χ3n) is 3.70. The number of rotatable bonds is 5. The second-order valence-electron chi connectivity index (χ2n) is 5.41. The van der Waals surface area contributed by atoms with Gasteiger partial charge in [-0.1, -0.05) is 6.92 Å². The van der Waals surface area contributed by atoms with Crippen molar-refractivity contribution in [1.29, 1.82) is 0 Å². The molecule has 3 rings (SSSR count). The van der Waals surface area contributed by atoms with Gasteiger partial charge in [0.05, 0.1) is 11.8 Å². The summed E-state index contributed by atoms with van der Waals surface area (Å²) in [5.41, 5.74) is 3.17. The summed E-state index contributed by atoms with van der Waals surface area (Å²) in [6.07, 6.45) is 3.61. The molecule has 1 aromatic carbocycles. The normalized spacial score (nSPS) is 14.0. The maximum atomic E-state index is 5.79. The van der Waals surface area contributed by atoms with Gasteiger partial charge in [-0.15, -0.1) is 0 Å². The molecule has 110 valence electrons. The molecule has 0 bridgehead atoms. The molecule has 0 saturated heterocycles. The van der Waals surface area contributed by atoms with Crippen LogP contribution in [0, 0.1) is 6.92 Å². The number of aryl methyl sites for hydroxylation is 1. The maximum Gasteiger partial charge on any atom is 0.132 e. The van der Waals surface area contributed by atoms with Gasteiger partial charge in [0.25, 0.3) is 0 Å². The average Bonchev–Trinajstić information content (AvgIpc) is 3.32. The first-order valence-corrected chi connectivity index (χ1v) is 7.53. The summed E-state index contributed by atoms with van der Waals surface area (Å²) in [6.45, 7) is 4.12. The third-order valence-corrected chi connectivity index (χ3v) is 3.70. The van der Waals surface area contributed by atoms with Gasteiger partial charge in [0, 0.05) is 24.6 Å². The summed E-state index contributed by atoms with van der Waals surface area (Å²) in [4.78, 5) is 9.19. The molecule has 0 amide bonds. The quantitative estimate of drug-likeness (QED) is 0.910. The van der Waals surface area contributed by atoms with Crippen LogP contribution in [0.4, 0.5) is 5.82 Å². The summed E-state index contributed by atoms with van der Waals surface area (Å²) in [5.74, 6) is 2.70. The molecule has 1 heterocycles. The zero-order valence-electron chi connectivity index (χ0n) is 12.8. The van der Waals surface area contributed by atoms with E-state index in [-0.39, 0.29) is 0 Å². The van der Waals surface area contributed by atoms with E-state index in [1.807, 2.05) is 19.2 Å². The minimum Gasteiger partial charge on any atom is -0.490 e. The van der Waals surface area contributed by atoms with Crippen LogP contribution in [0.1, 0.15) is 31.2 Å². The highest BCUT2D eigenvalue weighted by molar-refractivity contribution is 5.68. The fourth-order valence-corrected chi connectivity index (χ4v) is 2.32. The zero-order chi connectivity index (χ0) is 14.8. The van der Waals surface area contributed by atoms with Crippen LogP contribution in [-0.4, -0.2) is 23.1 Å². The lowest BCUT2D eigenvalue weighted by Gasteiger charge is -2.12. The fourth-order valence-electron chi connectivity index (χ4n) is 2.32. The third kappa shape index (κ3) is 2.99. The smallest absolute Gasteiger partial charge is 0.132 e. The Kier molecular flexibility index (Phi) is 3.78. The number of nitrogens with one attached hydrogen (secondary N) is 1. The summed E-state index contributed by atoms with van der Waals surface area (Å²) in [5, 5.41) is 3.15. The Morgan fingerprint density at radius 3 is 2.48 bits per heavy atom. The highest BCUT2D eigenvalue weighted by Gasteiger charge is 2.23. The molecular weight excluding hydrogens is 262 g/mol. The van der Waals surface area contributed by atoms with Crippen LogP contribution in [0.5, 0.6) is 5.75 Å². The minimum absolute atomic E-state index is 0.430. The van der Waals surface area contributed by atoms with E-state index >= 15 is 0 Å². The van der Waals surface area contributed by atoms with Crippen LogP contribution in [0.25, 0.3) is 11.3 Å². The lowest BCUT2D eigenvalue weighted by molar-refractivity contribution is 0.303. The number of benzene rings is 1. The Bertz CT molecular complexity index is 633. The summed E-state index contributed by atoms with van der Waals surface area (Å²) < 4.78 is 5.79. The number of hydrogen-bond donors (Lipinski definition) is 1. The van der Waals surface area contributed by atoms with Crippen molar-refractivity contribution in [3.8, 4) is 17.0 Å². The number of nitrogens with zero attached hydrogens (tertiary/aromatic N) is 2. The molecule has 1 aliphatic carbocycles. The molecule has 21 heavy (non-hydrogen) atoms. The molecule has 1 N–H and O–H groups in total. The van der Waals surface area contributed by atoms with E-state index in [4.69, 9.17) is 4.74 Å². The van der Waals surface area contributed by atoms with Crippen molar-refractivity contribution in [3.05, 3.63) is 35.7 Å². The minimum atomic E-state index is 0.430. The average molecular weight is 283 g/mol. The van der Waals surface area contributed by atoms with Gasteiger partial charge >= 0.3 is 0 Å². The molecule has 4 heteroatoms. The van der Waals surface area contributed by atoms with Crippen LogP contribution in [0.3, 0.4) is 0 Å². The predicted molar refractivity (Wildman–Crippen MR) is 84.8 cm³/mol. The van der Waals surface area contributed by atoms with Crippen LogP contribution in [0.2, 0.25) is 0 Å². The van der Waals surface area contributed by atoms with E-state index in [9.17, 15) is 0 Å². The Morgan fingerprint density at radius 1 is 1.19 bits per heavy atom. The van der Waals surface area contributed by atoms with Gasteiger partial charge in [0.2, 0.25) is 0 Å². The van der Waals surface area contributed by atoms with Crippen molar-refractivity contribution in [3.63, 3.8) is 0 Å². The molecule has 2 aromatic rings. The molecule has 1 saturated carbocycles. The Balaban J connectivity index is 1.94. The zero-order valence-corrected chi connectivity index (χ0v) is 12.8. The van der Waals surface area contributed by atoms with E-state index in [1.165, 1.54) is 12.8 Å². The SMILES string of the molecule is CCc1nc(NC)c(C)c(-c2ccc(OC3CC3)cc2)n1. The van der Waals surface area contributed by atoms with Gasteiger partial charge in [0.15, 0.2) is 0 Å². The molecule has 0 unspecified atom stereocenters. The Hall–Kier alpha value is -2.10. The lowest BCUT2D eigenvalue weighted by Crippen LogP contribution is -2.04. The maximum absolute atomic E-state index is 5.79. The van der Waals surface area contributed by atoms with E-state index < -0.39 is 0 Å². The molecule has 1 aliphatic rings. The van der Waals surface area contributed by atoms with Crippen LogP contribution in [-0.2, 0) is 6.42 Å². The monoisotopic (exact) mass is 283 g/mol. The van der Waals surface area contributed by atoms with Gasteiger partial charge in [-0.25, -0.2) is 9.97 Å². The second kappa shape index (κ2) is 5.72. The topological polar surface area (TPSA) is 47.0 Å². The van der Waals surface area contributed by atoms with Gasteiger partial charge in [-0.2, -0.15) is 0 Å². The van der Waals surface area contributed by atoms with Gasteiger partial charge in [-0.3, -0.25) is 0 Å². The molecule has 0 radical (unpaired) electrons. The molecule has 0 spiro atoms. The standard InChI is InChI=1S/C17H21N3O/c1-4-15-19-16(11(2)17(18-3)20-15)12-5-7-13(8-6-12)21-14-9-10-14/h5-8,14H,4,9-10H2,1-3H3,(H,18,19,20). The van der Waals surface area contributed by atoms with Crippen LogP contribution >= 0.6 is 0 Å². The Labute approximate surface area is 125 Å². The molecule has 4 nitrogen and oxygen atoms in total. The van der Waals surface area contributed by atoms with Crippen LogP contribution < -0.4 is 10.1 Å². The van der Waals surface area contributed by atoms with Crippen molar-refractivity contribution in [2.75, 3.05) is 12.4 Å². The molecule has 0 atom stereocenters. The van der Waals surface area contributed by atoms with E-state index in [0.29, 0.717) is 6.10 Å². The predicted octanol–water partition coefficient (Wildman–Crippen LogP) is 3.60. The number of ether oxygens (including phenoxy) is 1. The number of hydrogen-bond acceptors (Lipinski definition) is 4.